The maximum Gasteiger partial charge on any atom is 0.240 e. The summed E-state index contributed by atoms with van der Waals surface area (Å²) in [7, 11) is -3.77. The molecule has 3 rings (SSSR count). The molecule has 0 aliphatic carbocycles. The van der Waals surface area contributed by atoms with Crippen LogP contribution in [0.25, 0.3) is 0 Å². The maximum atomic E-state index is 12.9. The predicted molar refractivity (Wildman–Crippen MR) is 97.9 cm³/mol. The Balaban J connectivity index is 1.52. The highest BCUT2D eigenvalue weighted by molar-refractivity contribution is 7.89. The fourth-order valence-corrected chi connectivity index (χ4v) is 3.92. The van der Waals surface area contributed by atoms with E-state index < -0.39 is 15.8 Å². The van der Waals surface area contributed by atoms with E-state index >= 15 is 0 Å². The van der Waals surface area contributed by atoms with E-state index in [0.717, 1.165) is 17.7 Å². The quantitative estimate of drug-likeness (QED) is 0.817. The van der Waals surface area contributed by atoms with Gasteiger partial charge in [0.1, 0.15) is 11.9 Å². The number of hydrogen-bond acceptors (Lipinski definition) is 4. The third-order valence-electron chi connectivity index (χ3n) is 4.35. The van der Waals surface area contributed by atoms with Gasteiger partial charge in [0, 0.05) is 19.5 Å². The van der Waals surface area contributed by atoms with E-state index in [1.54, 1.807) is 4.90 Å². The number of carbonyl (C=O) groups is 1. The second kappa shape index (κ2) is 8.60. The summed E-state index contributed by atoms with van der Waals surface area (Å²) in [4.78, 5) is 14.1. The van der Waals surface area contributed by atoms with Crippen LogP contribution in [0.3, 0.4) is 0 Å². The topological polar surface area (TPSA) is 75.7 Å². The van der Waals surface area contributed by atoms with E-state index in [0.29, 0.717) is 19.7 Å². The fraction of sp³-hybridized carbons (Fsp3) is 0.316. The molecule has 0 spiro atoms. The van der Waals surface area contributed by atoms with Crippen molar-refractivity contribution in [3.63, 3.8) is 0 Å². The Hall–Kier alpha value is -2.29. The Bertz CT molecular complexity index is 872. The molecule has 0 saturated carbocycles. The number of halogens is 1. The fourth-order valence-electron chi connectivity index (χ4n) is 2.89. The van der Waals surface area contributed by atoms with Gasteiger partial charge in [-0.1, -0.05) is 30.3 Å². The first kappa shape index (κ1) is 19.5. The van der Waals surface area contributed by atoms with Gasteiger partial charge in [-0.25, -0.2) is 17.5 Å². The molecular formula is C19H21FN2O4S. The summed E-state index contributed by atoms with van der Waals surface area (Å²) in [6.07, 6.45) is -0.137. The Morgan fingerprint density at radius 3 is 2.56 bits per heavy atom. The van der Waals surface area contributed by atoms with Gasteiger partial charge in [-0.15, -0.1) is 0 Å². The Morgan fingerprint density at radius 2 is 1.85 bits per heavy atom. The molecule has 6 nitrogen and oxygen atoms in total. The van der Waals surface area contributed by atoms with E-state index in [2.05, 4.69) is 4.72 Å². The van der Waals surface area contributed by atoms with E-state index in [4.69, 9.17) is 4.74 Å². The summed E-state index contributed by atoms with van der Waals surface area (Å²) >= 11 is 0. The number of rotatable bonds is 6. The van der Waals surface area contributed by atoms with Crippen LogP contribution in [-0.4, -0.2) is 45.5 Å². The van der Waals surface area contributed by atoms with Gasteiger partial charge in [0.05, 0.1) is 18.0 Å². The molecule has 1 amide bonds. The number of benzene rings is 2. The van der Waals surface area contributed by atoms with Gasteiger partial charge in [0.25, 0.3) is 0 Å². The molecule has 1 atom stereocenters. The van der Waals surface area contributed by atoms with Crippen LogP contribution in [0.5, 0.6) is 0 Å². The van der Waals surface area contributed by atoms with E-state index in [9.17, 15) is 17.6 Å². The number of hydrogen-bond donors (Lipinski definition) is 1. The molecule has 0 bridgehead atoms. The van der Waals surface area contributed by atoms with Crippen molar-refractivity contribution in [2.24, 2.45) is 0 Å². The average molecular weight is 392 g/mol. The first-order valence-corrected chi connectivity index (χ1v) is 10.1. The second-order valence-corrected chi connectivity index (χ2v) is 7.98. The van der Waals surface area contributed by atoms with Gasteiger partial charge >= 0.3 is 0 Å². The van der Waals surface area contributed by atoms with Crippen molar-refractivity contribution in [2.45, 2.75) is 17.4 Å². The van der Waals surface area contributed by atoms with Gasteiger partial charge in [0.2, 0.25) is 15.9 Å². The molecule has 1 unspecified atom stereocenters. The summed E-state index contributed by atoms with van der Waals surface area (Å²) in [6.45, 7) is 1.33. The predicted octanol–water partition coefficient (Wildman–Crippen LogP) is 2.09. The normalized spacial score (nSPS) is 17.7. The van der Waals surface area contributed by atoms with Crippen molar-refractivity contribution in [3.8, 4) is 0 Å². The minimum Gasteiger partial charge on any atom is -0.370 e. The zero-order valence-corrected chi connectivity index (χ0v) is 15.5. The molecule has 1 heterocycles. The lowest BCUT2D eigenvalue weighted by atomic mass is 10.1. The van der Waals surface area contributed by atoms with Gasteiger partial charge in [-0.3, -0.25) is 4.79 Å². The second-order valence-electron chi connectivity index (χ2n) is 6.21. The van der Waals surface area contributed by atoms with Crippen LogP contribution >= 0.6 is 0 Å². The van der Waals surface area contributed by atoms with Gasteiger partial charge < -0.3 is 9.64 Å². The van der Waals surface area contributed by atoms with E-state index in [-0.39, 0.29) is 29.9 Å². The zero-order valence-electron chi connectivity index (χ0n) is 14.7. The molecule has 1 aliphatic rings. The van der Waals surface area contributed by atoms with Crippen LogP contribution in [0.15, 0.2) is 59.5 Å². The van der Waals surface area contributed by atoms with Crippen LogP contribution in [0.4, 0.5) is 4.39 Å². The smallest absolute Gasteiger partial charge is 0.240 e. The van der Waals surface area contributed by atoms with Crippen LogP contribution in [-0.2, 0) is 19.6 Å². The molecule has 1 N–H and O–H groups in total. The highest BCUT2D eigenvalue weighted by Crippen LogP contribution is 2.22. The lowest BCUT2D eigenvalue weighted by Crippen LogP contribution is -2.43. The molecule has 1 saturated heterocycles. The molecule has 2 aromatic rings. The minimum absolute atomic E-state index is 0.0219. The molecule has 144 valence electrons. The van der Waals surface area contributed by atoms with Gasteiger partial charge in [-0.05, 0) is 29.8 Å². The van der Waals surface area contributed by atoms with Crippen molar-refractivity contribution in [1.82, 2.24) is 9.62 Å². The average Bonchev–Trinajstić information content (AvgIpc) is 2.69. The maximum absolute atomic E-state index is 12.9. The molecule has 1 aliphatic heterocycles. The molecule has 0 radical (unpaired) electrons. The van der Waals surface area contributed by atoms with Crippen LogP contribution in [0, 0.1) is 5.82 Å². The summed E-state index contributed by atoms with van der Waals surface area (Å²) in [5.41, 5.74) is 1.01. The number of sulfonamides is 1. The third kappa shape index (κ3) is 5.12. The number of morpholine rings is 1. The van der Waals surface area contributed by atoms with Crippen molar-refractivity contribution in [1.29, 1.82) is 0 Å². The summed E-state index contributed by atoms with van der Waals surface area (Å²) < 4.78 is 45.4. The largest absolute Gasteiger partial charge is 0.370 e. The minimum atomic E-state index is -3.77. The zero-order chi connectivity index (χ0) is 19.3. The Kier molecular flexibility index (Phi) is 6.20. The number of nitrogens with zero attached hydrogens (tertiary/aromatic N) is 1. The standard InChI is InChI=1S/C19H21FN2O4S/c20-16-6-8-17(9-7-16)27(24,25)21-11-10-19(23)22-12-13-26-18(14-22)15-4-2-1-3-5-15/h1-9,18,21H,10-14H2. The molecular weight excluding hydrogens is 371 g/mol. The van der Waals surface area contributed by atoms with E-state index in [1.807, 2.05) is 30.3 Å². The molecule has 27 heavy (non-hydrogen) atoms. The summed E-state index contributed by atoms with van der Waals surface area (Å²) in [5, 5.41) is 0. The van der Waals surface area contributed by atoms with Crippen molar-refractivity contribution < 1.29 is 22.3 Å². The Labute approximate surface area is 158 Å². The van der Waals surface area contributed by atoms with Crippen LogP contribution in [0.2, 0.25) is 0 Å². The highest BCUT2D eigenvalue weighted by Gasteiger charge is 2.25. The first-order valence-electron chi connectivity index (χ1n) is 8.65. The third-order valence-corrected chi connectivity index (χ3v) is 5.82. The van der Waals surface area contributed by atoms with Gasteiger partial charge in [0.15, 0.2) is 0 Å². The number of amides is 1. The Morgan fingerprint density at radius 1 is 1.15 bits per heavy atom. The van der Waals surface area contributed by atoms with Crippen molar-refractivity contribution >= 4 is 15.9 Å². The lowest BCUT2D eigenvalue weighted by molar-refractivity contribution is -0.138. The van der Waals surface area contributed by atoms with Gasteiger partial charge in [-0.2, -0.15) is 0 Å². The number of carbonyl (C=O) groups excluding carboxylic acids is 1. The molecule has 1 fully saturated rings. The molecule has 8 heteroatoms. The highest BCUT2D eigenvalue weighted by atomic mass is 32.2. The SMILES string of the molecule is O=C(CCNS(=O)(=O)c1ccc(F)cc1)N1CCOC(c2ccccc2)C1. The van der Waals surface area contributed by atoms with Crippen molar-refractivity contribution in [2.75, 3.05) is 26.2 Å². The van der Waals surface area contributed by atoms with E-state index in [1.165, 1.54) is 12.1 Å². The summed E-state index contributed by atoms with van der Waals surface area (Å²) in [6, 6.07) is 14.2. The number of ether oxygens (including phenoxy) is 1. The lowest BCUT2D eigenvalue weighted by Gasteiger charge is -2.33. The summed E-state index contributed by atoms with van der Waals surface area (Å²) in [5.74, 6) is -0.648. The van der Waals surface area contributed by atoms with Crippen molar-refractivity contribution in [3.05, 3.63) is 66.0 Å². The first-order chi connectivity index (χ1) is 13.0. The van der Waals surface area contributed by atoms with Crippen LogP contribution in [0.1, 0.15) is 18.1 Å². The monoisotopic (exact) mass is 392 g/mol. The van der Waals surface area contributed by atoms with Crippen LogP contribution < -0.4 is 4.72 Å². The molecule has 2 aromatic carbocycles. The molecule has 0 aromatic heterocycles. The number of nitrogens with one attached hydrogen (secondary N) is 1.